The molecule has 3 aromatic rings. The van der Waals surface area contributed by atoms with Gasteiger partial charge in [0.2, 0.25) is 0 Å². The van der Waals surface area contributed by atoms with Crippen molar-refractivity contribution in [3.05, 3.63) is 58.2 Å². The highest BCUT2D eigenvalue weighted by atomic mass is 35.5. The zero-order valence-electron chi connectivity index (χ0n) is 17.7. The summed E-state index contributed by atoms with van der Waals surface area (Å²) in [7, 11) is 1.62. The van der Waals surface area contributed by atoms with E-state index in [9.17, 15) is 4.79 Å². The molecule has 2 aliphatic rings. The smallest absolute Gasteiger partial charge is 0.195 e. The van der Waals surface area contributed by atoms with Crippen LogP contribution < -0.4 is 9.47 Å². The standard InChI is InChI=1S/C24H25ClN2O3S/c1-15-22(24(28)16-3-5-19(29-2)6-4-16)20-11-17(25)12-21-23(20)27(15)18(14-30-21)13-26-7-9-31-10-8-26/h3-6,11-12,18H,7-10,13-14H2,1-2H3. The first-order valence-electron chi connectivity index (χ1n) is 10.5. The molecule has 0 spiro atoms. The van der Waals surface area contributed by atoms with Crippen LogP contribution in [0, 0.1) is 6.92 Å². The maximum absolute atomic E-state index is 13.6. The number of halogens is 1. The van der Waals surface area contributed by atoms with Crippen LogP contribution in [0.1, 0.15) is 27.7 Å². The van der Waals surface area contributed by atoms with Crippen molar-refractivity contribution in [3.8, 4) is 11.5 Å². The second-order valence-electron chi connectivity index (χ2n) is 8.07. The number of hydrogen-bond acceptors (Lipinski definition) is 5. The zero-order chi connectivity index (χ0) is 21.5. The average molecular weight is 457 g/mol. The van der Waals surface area contributed by atoms with E-state index in [2.05, 4.69) is 9.47 Å². The molecule has 3 heterocycles. The molecule has 0 radical (unpaired) electrons. The number of aromatic nitrogens is 1. The summed E-state index contributed by atoms with van der Waals surface area (Å²) in [6.45, 7) is 5.73. The van der Waals surface area contributed by atoms with Gasteiger partial charge in [0.25, 0.3) is 0 Å². The lowest BCUT2D eigenvalue weighted by Crippen LogP contribution is -2.40. The van der Waals surface area contributed by atoms with E-state index in [0.717, 1.165) is 47.7 Å². The van der Waals surface area contributed by atoms with Crippen molar-refractivity contribution in [2.24, 2.45) is 0 Å². The van der Waals surface area contributed by atoms with Gasteiger partial charge in [-0.2, -0.15) is 11.8 Å². The average Bonchev–Trinajstić information content (AvgIpc) is 3.08. The first kappa shape index (κ1) is 20.7. The van der Waals surface area contributed by atoms with Gasteiger partial charge in [0.1, 0.15) is 18.1 Å². The number of carbonyl (C=O) groups is 1. The van der Waals surface area contributed by atoms with Crippen LogP contribution in [0.2, 0.25) is 5.02 Å². The first-order chi connectivity index (χ1) is 15.1. The molecule has 1 fully saturated rings. The number of ketones is 1. The third-order valence-corrected chi connectivity index (χ3v) is 7.38. The Kier molecular flexibility index (Phi) is 5.63. The van der Waals surface area contributed by atoms with Crippen molar-refractivity contribution < 1.29 is 14.3 Å². The van der Waals surface area contributed by atoms with Gasteiger partial charge in [-0.05, 0) is 37.3 Å². The van der Waals surface area contributed by atoms with E-state index < -0.39 is 0 Å². The molecular weight excluding hydrogens is 432 g/mol. The number of nitrogens with zero attached hydrogens (tertiary/aromatic N) is 2. The maximum Gasteiger partial charge on any atom is 0.195 e. The molecule has 1 unspecified atom stereocenters. The van der Waals surface area contributed by atoms with Crippen LogP contribution in [0.4, 0.5) is 0 Å². The van der Waals surface area contributed by atoms with Gasteiger partial charge in [-0.3, -0.25) is 9.69 Å². The summed E-state index contributed by atoms with van der Waals surface area (Å²) in [6.07, 6.45) is 0. The van der Waals surface area contributed by atoms with Crippen molar-refractivity contribution in [2.45, 2.75) is 13.0 Å². The fourth-order valence-electron chi connectivity index (χ4n) is 4.71. The van der Waals surface area contributed by atoms with E-state index in [1.807, 2.05) is 55.1 Å². The number of methoxy groups -OCH3 is 1. The maximum atomic E-state index is 13.6. The van der Waals surface area contributed by atoms with Crippen LogP contribution >= 0.6 is 23.4 Å². The first-order valence-corrected chi connectivity index (χ1v) is 12.1. The molecule has 1 aromatic heterocycles. The molecule has 0 saturated carbocycles. The Hall–Kier alpha value is -2.15. The Bertz CT molecular complexity index is 1140. The topological polar surface area (TPSA) is 43.7 Å². The Morgan fingerprint density at radius 2 is 1.97 bits per heavy atom. The Balaban J connectivity index is 1.61. The van der Waals surface area contributed by atoms with Crippen LogP contribution in [-0.2, 0) is 0 Å². The van der Waals surface area contributed by atoms with Crippen LogP contribution in [0.25, 0.3) is 10.9 Å². The highest BCUT2D eigenvalue weighted by molar-refractivity contribution is 7.99. The number of carbonyl (C=O) groups excluding carboxylic acids is 1. The molecule has 0 N–H and O–H groups in total. The van der Waals surface area contributed by atoms with E-state index in [4.69, 9.17) is 21.1 Å². The molecule has 1 saturated heterocycles. The fraction of sp³-hybridized carbons (Fsp3) is 0.375. The second-order valence-corrected chi connectivity index (χ2v) is 9.73. The normalized spacial score (nSPS) is 18.7. The molecule has 162 valence electrons. The van der Waals surface area contributed by atoms with Gasteiger partial charge in [-0.25, -0.2) is 0 Å². The third-order valence-electron chi connectivity index (χ3n) is 6.22. The molecule has 2 aliphatic heterocycles. The van der Waals surface area contributed by atoms with Crippen molar-refractivity contribution in [1.82, 2.24) is 9.47 Å². The Morgan fingerprint density at radius 3 is 2.68 bits per heavy atom. The van der Waals surface area contributed by atoms with Crippen LogP contribution in [0.5, 0.6) is 11.5 Å². The van der Waals surface area contributed by atoms with Gasteiger partial charge in [0, 0.05) is 58.9 Å². The van der Waals surface area contributed by atoms with Crippen LogP contribution in [0.15, 0.2) is 36.4 Å². The summed E-state index contributed by atoms with van der Waals surface area (Å²) in [6, 6.07) is 11.2. The van der Waals surface area contributed by atoms with Crippen molar-refractivity contribution >= 4 is 40.0 Å². The lowest BCUT2D eigenvalue weighted by molar-refractivity contribution is 0.103. The van der Waals surface area contributed by atoms with Gasteiger partial charge in [0.05, 0.1) is 24.2 Å². The zero-order valence-corrected chi connectivity index (χ0v) is 19.3. The van der Waals surface area contributed by atoms with Gasteiger partial charge in [0.15, 0.2) is 5.78 Å². The largest absolute Gasteiger partial charge is 0.497 e. The summed E-state index contributed by atoms with van der Waals surface area (Å²) < 4.78 is 13.7. The molecule has 0 aliphatic carbocycles. The van der Waals surface area contributed by atoms with Gasteiger partial charge in [-0.15, -0.1) is 0 Å². The summed E-state index contributed by atoms with van der Waals surface area (Å²) in [4.78, 5) is 16.1. The van der Waals surface area contributed by atoms with Crippen LogP contribution in [0.3, 0.4) is 0 Å². The quantitative estimate of drug-likeness (QED) is 0.515. The summed E-state index contributed by atoms with van der Waals surface area (Å²) in [5, 5.41) is 1.44. The van der Waals surface area contributed by atoms with Gasteiger partial charge >= 0.3 is 0 Å². The summed E-state index contributed by atoms with van der Waals surface area (Å²) >= 11 is 8.42. The summed E-state index contributed by atoms with van der Waals surface area (Å²) in [5.74, 6) is 3.81. The van der Waals surface area contributed by atoms with E-state index >= 15 is 0 Å². The van der Waals surface area contributed by atoms with Crippen molar-refractivity contribution in [2.75, 3.05) is 44.9 Å². The van der Waals surface area contributed by atoms with Crippen LogP contribution in [-0.4, -0.2) is 60.1 Å². The molecular formula is C24H25ClN2O3S. The van der Waals surface area contributed by atoms with E-state index in [1.54, 1.807) is 7.11 Å². The van der Waals surface area contributed by atoms with Crippen molar-refractivity contribution in [3.63, 3.8) is 0 Å². The number of hydrogen-bond donors (Lipinski definition) is 0. The minimum Gasteiger partial charge on any atom is -0.497 e. The monoisotopic (exact) mass is 456 g/mol. The van der Waals surface area contributed by atoms with Crippen molar-refractivity contribution in [1.29, 1.82) is 0 Å². The predicted molar refractivity (Wildman–Crippen MR) is 126 cm³/mol. The lowest BCUT2D eigenvalue weighted by Gasteiger charge is -2.34. The van der Waals surface area contributed by atoms with E-state index in [1.165, 1.54) is 11.5 Å². The van der Waals surface area contributed by atoms with Gasteiger partial charge < -0.3 is 14.0 Å². The lowest BCUT2D eigenvalue weighted by atomic mass is 10.0. The minimum atomic E-state index is -0.00728. The number of rotatable bonds is 5. The Labute approximate surface area is 191 Å². The fourth-order valence-corrected chi connectivity index (χ4v) is 5.90. The second kappa shape index (κ2) is 8.41. The third kappa shape index (κ3) is 3.71. The number of ether oxygens (including phenoxy) is 2. The summed E-state index contributed by atoms with van der Waals surface area (Å²) in [5.41, 5.74) is 3.28. The van der Waals surface area contributed by atoms with E-state index in [-0.39, 0.29) is 11.8 Å². The molecule has 5 nitrogen and oxygen atoms in total. The SMILES string of the molecule is COc1ccc(C(=O)c2c(C)n3c4c(cc(Cl)cc24)OCC3CN2CCSCC2)cc1. The molecule has 5 rings (SSSR count). The molecule has 0 bridgehead atoms. The highest BCUT2D eigenvalue weighted by Crippen LogP contribution is 2.41. The Morgan fingerprint density at radius 1 is 1.23 bits per heavy atom. The number of thioether (sulfide) groups is 1. The number of benzene rings is 2. The molecule has 7 heteroatoms. The predicted octanol–water partition coefficient (Wildman–Crippen LogP) is 4.83. The minimum absolute atomic E-state index is 0.00728. The molecule has 2 aromatic carbocycles. The molecule has 1 atom stereocenters. The van der Waals surface area contributed by atoms with E-state index in [0.29, 0.717) is 22.8 Å². The van der Waals surface area contributed by atoms with Gasteiger partial charge in [-0.1, -0.05) is 11.6 Å². The highest BCUT2D eigenvalue weighted by Gasteiger charge is 2.32. The molecule has 31 heavy (non-hydrogen) atoms. The molecule has 0 amide bonds.